The number of terminal acetylenes is 2. The molecule has 0 aliphatic carbocycles. The third-order valence-electron chi connectivity index (χ3n) is 2.79. The smallest absolute Gasteiger partial charge is 0.254 e. The van der Waals surface area contributed by atoms with Crippen LogP contribution >= 0.6 is 0 Å². The van der Waals surface area contributed by atoms with Crippen molar-refractivity contribution >= 4 is 17.5 Å². The zero-order valence-corrected chi connectivity index (χ0v) is 11.9. The van der Waals surface area contributed by atoms with Crippen molar-refractivity contribution < 1.29 is 9.59 Å². The lowest BCUT2D eigenvalue weighted by Gasteiger charge is -2.13. The summed E-state index contributed by atoms with van der Waals surface area (Å²) in [6, 6.07) is 3.75. The largest absolute Gasteiger partial charge is 0.397 e. The Labute approximate surface area is 124 Å². The van der Waals surface area contributed by atoms with Crippen LogP contribution in [0.25, 0.3) is 0 Å². The second-order valence-electron chi connectivity index (χ2n) is 4.49. The highest BCUT2D eigenvalue weighted by atomic mass is 16.2. The highest BCUT2D eigenvalue weighted by molar-refractivity contribution is 6.07. The van der Waals surface area contributed by atoms with Gasteiger partial charge in [0.1, 0.15) is 0 Å². The van der Waals surface area contributed by atoms with Crippen molar-refractivity contribution in [3.05, 3.63) is 29.3 Å². The zero-order valence-electron chi connectivity index (χ0n) is 11.9. The molecule has 21 heavy (non-hydrogen) atoms. The van der Waals surface area contributed by atoms with Crippen LogP contribution in [0.4, 0.5) is 5.69 Å². The minimum atomic E-state index is -0.434. The van der Waals surface area contributed by atoms with E-state index in [4.69, 9.17) is 18.6 Å². The van der Waals surface area contributed by atoms with Gasteiger partial charge in [0.25, 0.3) is 11.8 Å². The number of nitrogen functional groups attached to an aromatic ring is 1. The number of nitrogens with two attached hydrogens (primary N) is 1. The number of anilines is 1. The highest BCUT2D eigenvalue weighted by Crippen LogP contribution is 2.18. The predicted molar refractivity (Wildman–Crippen MR) is 82.4 cm³/mol. The Kier molecular flexibility index (Phi) is 5.39. The fourth-order valence-corrected chi connectivity index (χ4v) is 1.59. The third kappa shape index (κ3) is 4.02. The van der Waals surface area contributed by atoms with E-state index in [1.807, 2.05) is 0 Å². The molecule has 5 heteroatoms. The Hall–Kier alpha value is -2.92. The maximum Gasteiger partial charge on any atom is 0.254 e. The Bertz CT molecular complexity index is 586. The van der Waals surface area contributed by atoms with E-state index >= 15 is 0 Å². The van der Waals surface area contributed by atoms with Crippen LogP contribution in [0, 0.1) is 24.7 Å². The number of nitrogens with one attached hydrogen (secondary N) is 2. The van der Waals surface area contributed by atoms with Crippen LogP contribution in [-0.4, -0.2) is 23.9 Å². The molecule has 108 valence electrons. The maximum absolute atomic E-state index is 12.0. The molecule has 1 rings (SSSR count). The number of benzene rings is 1. The normalized spacial score (nSPS) is 12.4. The Balaban J connectivity index is 3.04. The van der Waals surface area contributed by atoms with Gasteiger partial charge in [0.2, 0.25) is 0 Å². The number of carbonyl (C=O) groups is 2. The van der Waals surface area contributed by atoms with Gasteiger partial charge in [-0.05, 0) is 26.0 Å². The number of amides is 2. The van der Waals surface area contributed by atoms with Crippen LogP contribution in [-0.2, 0) is 0 Å². The minimum absolute atomic E-state index is 0.0842. The molecule has 4 N–H and O–H groups in total. The third-order valence-corrected chi connectivity index (χ3v) is 2.79. The molecule has 0 aliphatic heterocycles. The standard InChI is InChI=1S/C16H17N3O2/c1-5-10(3)18-15(20)12-8-7-9-13(14(12)17)16(21)19-11(4)6-2/h1-2,7-11H,17H2,3-4H3,(H,18,20)(H,19,21)/t10-,11-/m1/s1. The van der Waals surface area contributed by atoms with Crippen molar-refractivity contribution in [1.82, 2.24) is 10.6 Å². The van der Waals surface area contributed by atoms with Crippen LogP contribution < -0.4 is 16.4 Å². The van der Waals surface area contributed by atoms with E-state index in [1.54, 1.807) is 19.9 Å². The van der Waals surface area contributed by atoms with Crippen LogP contribution in [0.15, 0.2) is 18.2 Å². The zero-order chi connectivity index (χ0) is 16.0. The fraction of sp³-hybridized carbons (Fsp3) is 0.250. The molecule has 0 saturated heterocycles. The molecule has 0 fully saturated rings. The molecular formula is C16H17N3O2. The monoisotopic (exact) mass is 283 g/mol. The van der Waals surface area contributed by atoms with Crippen molar-refractivity contribution in [2.24, 2.45) is 0 Å². The van der Waals surface area contributed by atoms with Gasteiger partial charge in [-0.15, -0.1) is 12.8 Å². The summed E-state index contributed by atoms with van der Waals surface area (Å²) in [5, 5.41) is 5.17. The lowest BCUT2D eigenvalue weighted by atomic mass is 10.1. The van der Waals surface area contributed by atoms with Gasteiger partial charge in [0.15, 0.2) is 0 Å². The first-order chi connectivity index (χ1) is 9.90. The minimum Gasteiger partial charge on any atom is -0.397 e. The number of hydrogen-bond acceptors (Lipinski definition) is 3. The molecule has 0 unspecified atom stereocenters. The molecule has 0 heterocycles. The number of hydrogen-bond donors (Lipinski definition) is 3. The molecule has 0 aliphatic rings. The fourth-order valence-electron chi connectivity index (χ4n) is 1.59. The molecule has 0 aromatic heterocycles. The van der Waals surface area contributed by atoms with Gasteiger partial charge in [0, 0.05) is 0 Å². The van der Waals surface area contributed by atoms with Crippen molar-refractivity contribution in [3.63, 3.8) is 0 Å². The van der Waals surface area contributed by atoms with Crippen LogP contribution in [0.2, 0.25) is 0 Å². The lowest BCUT2D eigenvalue weighted by molar-refractivity contribution is 0.0947. The average Bonchev–Trinajstić information content (AvgIpc) is 2.46. The van der Waals surface area contributed by atoms with E-state index < -0.39 is 23.9 Å². The molecule has 0 bridgehead atoms. The highest BCUT2D eigenvalue weighted by Gasteiger charge is 2.18. The molecule has 0 spiro atoms. The first kappa shape index (κ1) is 16.1. The summed E-state index contributed by atoms with van der Waals surface area (Å²) in [4.78, 5) is 24.1. The number of rotatable bonds is 4. The first-order valence-corrected chi connectivity index (χ1v) is 6.33. The maximum atomic E-state index is 12.0. The molecule has 2 atom stereocenters. The van der Waals surface area contributed by atoms with Gasteiger partial charge in [-0.3, -0.25) is 9.59 Å². The summed E-state index contributed by atoms with van der Waals surface area (Å²) in [5.41, 5.74) is 6.36. The molecule has 5 nitrogen and oxygen atoms in total. The van der Waals surface area contributed by atoms with E-state index in [2.05, 4.69) is 22.5 Å². The van der Waals surface area contributed by atoms with E-state index in [0.29, 0.717) is 0 Å². The molecular weight excluding hydrogens is 266 g/mol. The summed E-state index contributed by atoms with van der Waals surface area (Å²) in [7, 11) is 0. The summed E-state index contributed by atoms with van der Waals surface area (Å²) in [6.45, 7) is 3.33. The van der Waals surface area contributed by atoms with Crippen LogP contribution in [0.3, 0.4) is 0 Å². The Morgan fingerprint density at radius 2 is 1.43 bits per heavy atom. The summed E-state index contributed by atoms with van der Waals surface area (Å²) in [6.07, 6.45) is 10.4. The van der Waals surface area contributed by atoms with Crippen molar-refractivity contribution in [2.75, 3.05) is 5.73 Å². The number of carbonyl (C=O) groups excluding carboxylic acids is 2. The second kappa shape index (κ2) is 7.02. The Morgan fingerprint density at radius 3 is 1.76 bits per heavy atom. The molecule has 0 saturated carbocycles. The van der Waals surface area contributed by atoms with Crippen LogP contribution in [0.1, 0.15) is 34.6 Å². The molecule has 2 amide bonds. The van der Waals surface area contributed by atoms with Gasteiger partial charge in [0.05, 0.1) is 28.9 Å². The van der Waals surface area contributed by atoms with Crippen molar-refractivity contribution in [2.45, 2.75) is 25.9 Å². The van der Waals surface area contributed by atoms with E-state index in [-0.39, 0.29) is 16.8 Å². The van der Waals surface area contributed by atoms with Crippen molar-refractivity contribution in [3.8, 4) is 24.7 Å². The summed E-state index contributed by atoms with van der Waals surface area (Å²) in [5.74, 6) is 3.90. The van der Waals surface area contributed by atoms with Gasteiger partial charge in [-0.2, -0.15) is 0 Å². The second-order valence-corrected chi connectivity index (χ2v) is 4.49. The Morgan fingerprint density at radius 1 is 1.05 bits per heavy atom. The molecule has 1 aromatic rings. The summed E-state index contributed by atoms with van der Waals surface area (Å²) >= 11 is 0. The van der Waals surface area contributed by atoms with Gasteiger partial charge in [-0.25, -0.2) is 0 Å². The topological polar surface area (TPSA) is 84.2 Å². The van der Waals surface area contributed by atoms with E-state index in [0.717, 1.165) is 0 Å². The molecule has 1 aromatic carbocycles. The first-order valence-electron chi connectivity index (χ1n) is 6.33. The average molecular weight is 283 g/mol. The van der Waals surface area contributed by atoms with Crippen molar-refractivity contribution in [1.29, 1.82) is 0 Å². The van der Waals surface area contributed by atoms with Gasteiger partial charge in [-0.1, -0.05) is 17.9 Å². The van der Waals surface area contributed by atoms with E-state index in [1.165, 1.54) is 12.1 Å². The van der Waals surface area contributed by atoms with Gasteiger partial charge < -0.3 is 16.4 Å². The SMILES string of the molecule is C#C[C@@H](C)NC(=O)c1cccc(C(=O)N[C@H](C)C#C)c1N. The predicted octanol–water partition coefficient (Wildman–Crippen LogP) is 0.772. The van der Waals surface area contributed by atoms with E-state index in [9.17, 15) is 9.59 Å². The van der Waals surface area contributed by atoms with Gasteiger partial charge >= 0.3 is 0 Å². The van der Waals surface area contributed by atoms with Crippen LogP contribution in [0.5, 0.6) is 0 Å². The number of para-hydroxylation sites is 1. The summed E-state index contributed by atoms with van der Waals surface area (Å²) < 4.78 is 0. The molecule has 0 radical (unpaired) electrons. The lowest BCUT2D eigenvalue weighted by Crippen LogP contribution is -2.34. The quantitative estimate of drug-likeness (QED) is 0.564.